The molecule has 0 bridgehead atoms. The number of benzene rings is 2. The summed E-state index contributed by atoms with van der Waals surface area (Å²) < 4.78 is 21.4. The Kier molecular flexibility index (Phi) is 30.3. The lowest BCUT2D eigenvalue weighted by Crippen LogP contribution is -2.15. The zero-order chi connectivity index (χ0) is 39.5. The summed E-state index contributed by atoms with van der Waals surface area (Å²) in [6, 6.07) is 13.5. The van der Waals surface area contributed by atoms with Crippen molar-refractivity contribution in [2.45, 2.75) is 169 Å². The molecule has 0 heterocycles. The van der Waals surface area contributed by atoms with Gasteiger partial charge in [-0.15, -0.1) is 0 Å². The Morgan fingerprint density at radius 3 is 0.704 bits per heavy atom. The van der Waals surface area contributed by atoms with Gasteiger partial charge < -0.3 is 18.9 Å². The second-order valence-electron chi connectivity index (χ2n) is 14.0. The van der Waals surface area contributed by atoms with Crippen LogP contribution in [0, 0.1) is 0 Å². The molecule has 0 N–H and O–H groups in total. The lowest BCUT2D eigenvalue weighted by molar-refractivity contribution is 0.0450. The number of esters is 4. The highest BCUT2D eigenvalue weighted by Gasteiger charge is 2.20. The molecule has 8 nitrogen and oxygen atoms in total. The quantitative estimate of drug-likeness (QED) is 0.0441. The second-order valence-corrected chi connectivity index (χ2v) is 14.0. The molecule has 304 valence electrons. The van der Waals surface area contributed by atoms with Crippen LogP contribution in [-0.2, 0) is 18.9 Å². The third kappa shape index (κ3) is 23.2. The van der Waals surface area contributed by atoms with Crippen LogP contribution in [0.5, 0.6) is 0 Å². The Bertz CT molecular complexity index is 1180. The molecular weight excluding hydrogens is 680 g/mol. The maximum atomic E-state index is 12.4. The Morgan fingerprint density at radius 2 is 0.500 bits per heavy atom. The van der Waals surface area contributed by atoms with Crippen molar-refractivity contribution in [3.8, 4) is 0 Å². The Hall–Kier alpha value is -3.68. The van der Waals surface area contributed by atoms with Crippen LogP contribution in [0.3, 0.4) is 0 Å². The van der Waals surface area contributed by atoms with Gasteiger partial charge >= 0.3 is 23.9 Å². The van der Waals surface area contributed by atoms with Crippen LogP contribution in [-0.4, -0.2) is 50.3 Å². The Labute approximate surface area is 327 Å². The minimum Gasteiger partial charge on any atom is -0.462 e. The van der Waals surface area contributed by atoms with E-state index in [9.17, 15) is 19.2 Å². The molecule has 0 spiro atoms. The van der Waals surface area contributed by atoms with Crippen LogP contribution in [0.25, 0.3) is 0 Å². The zero-order valence-corrected chi connectivity index (χ0v) is 34.3. The first-order valence-electron chi connectivity index (χ1n) is 21.3. The van der Waals surface area contributed by atoms with Crippen molar-refractivity contribution in [1.82, 2.24) is 0 Å². The molecule has 0 aliphatic heterocycles. The molecule has 0 fully saturated rings. The summed E-state index contributed by atoms with van der Waals surface area (Å²) in [5, 5.41) is 0. The van der Waals surface area contributed by atoms with Crippen molar-refractivity contribution in [3.05, 3.63) is 70.8 Å². The monoisotopic (exact) mass is 753 g/mol. The fourth-order valence-corrected chi connectivity index (χ4v) is 5.82. The predicted octanol–water partition coefficient (Wildman–Crippen LogP) is 12.7. The van der Waals surface area contributed by atoms with E-state index < -0.39 is 23.9 Å². The standard InChI is InChI=1S/C24H38O4.C22H34O4/c1-3-5-7-9-11-15-19-27-23(25)21-17-13-14-18-22(21)24(26)28-20-16-12-10-8-6-4-2;1-3-5-7-9-13-17-25-21(23)19-15-11-12-16-20(19)22(24)26-18-14-10-8-6-4-2/h13-14,17-18H,3-12,15-16,19-20H2,1-2H3;11-12,15-16H,3-10,13-14,17-18H2,1-2H3. The highest BCUT2D eigenvalue weighted by molar-refractivity contribution is 6.03. The van der Waals surface area contributed by atoms with Crippen LogP contribution in [0.4, 0.5) is 0 Å². The molecule has 0 saturated heterocycles. The second kappa shape index (κ2) is 33.9. The molecule has 0 aliphatic rings. The summed E-state index contributed by atoms with van der Waals surface area (Å²) >= 11 is 0. The highest BCUT2D eigenvalue weighted by atomic mass is 16.5. The Morgan fingerprint density at radius 1 is 0.315 bits per heavy atom. The summed E-state index contributed by atoms with van der Waals surface area (Å²) in [7, 11) is 0. The largest absolute Gasteiger partial charge is 0.462 e. The predicted molar refractivity (Wildman–Crippen MR) is 218 cm³/mol. The number of hydrogen-bond acceptors (Lipinski definition) is 8. The molecule has 2 rings (SSSR count). The fraction of sp³-hybridized carbons (Fsp3) is 0.652. The van der Waals surface area contributed by atoms with Gasteiger partial charge in [-0.25, -0.2) is 19.2 Å². The lowest BCUT2D eigenvalue weighted by atomic mass is 10.1. The van der Waals surface area contributed by atoms with Crippen LogP contribution in [0.1, 0.15) is 210 Å². The molecular formula is C46H72O8. The van der Waals surface area contributed by atoms with E-state index in [0.717, 1.165) is 64.2 Å². The van der Waals surface area contributed by atoms with Crippen LogP contribution < -0.4 is 0 Å². The van der Waals surface area contributed by atoms with Gasteiger partial charge in [0.25, 0.3) is 0 Å². The van der Waals surface area contributed by atoms with Crippen molar-refractivity contribution < 1.29 is 38.1 Å². The summed E-state index contributed by atoms with van der Waals surface area (Å²) in [5.41, 5.74) is 1.16. The van der Waals surface area contributed by atoms with Gasteiger partial charge in [-0.1, -0.05) is 168 Å². The number of ether oxygens (including phenoxy) is 4. The molecule has 0 amide bonds. The average molecular weight is 753 g/mol. The number of hydrogen-bond donors (Lipinski definition) is 0. The first-order chi connectivity index (χ1) is 26.4. The minimum atomic E-state index is -0.448. The third-order valence-corrected chi connectivity index (χ3v) is 9.16. The summed E-state index contributed by atoms with van der Waals surface area (Å²) in [5.74, 6) is -1.78. The van der Waals surface area contributed by atoms with E-state index in [2.05, 4.69) is 27.7 Å². The third-order valence-electron chi connectivity index (χ3n) is 9.16. The van der Waals surface area contributed by atoms with Gasteiger partial charge in [0.2, 0.25) is 0 Å². The summed E-state index contributed by atoms with van der Waals surface area (Å²) in [6.07, 6.45) is 24.6. The first kappa shape index (κ1) is 48.3. The topological polar surface area (TPSA) is 105 Å². The van der Waals surface area contributed by atoms with E-state index >= 15 is 0 Å². The fourth-order valence-electron chi connectivity index (χ4n) is 5.82. The number of carbonyl (C=O) groups is 4. The minimum absolute atomic E-state index is 0.289. The maximum absolute atomic E-state index is 12.4. The van der Waals surface area contributed by atoms with E-state index in [-0.39, 0.29) is 11.1 Å². The van der Waals surface area contributed by atoms with Crippen molar-refractivity contribution in [1.29, 1.82) is 0 Å². The SMILES string of the molecule is CCCCCCCCOC(=O)c1ccccc1C(=O)OCCCCCCCC.CCCCCCCOC(=O)c1ccccc1C(=O)OCCCCCCC. The normalized spacial score (nSPS) is 10.6. The maximum Gasteiger partial charge on any atom is 0.339 e. The van der Waals surface area contributed by atoms with E-state index in [1.165, 1.54) is 77.0 Å². The molecule has 54 heavy (non-hydrogen) atoms. The lowest BCUT2D eigenvalue weighted by Gasteiger charge is -2.10. The first-order valence-corrected chi connectivity index (χ1v) is 21.3. The molecule has 2 aromatic rings. The highest BCUT2D eigenvalue weighted by Crippen LogP contribution is 2.16. The molecule has 0 atom stereocenters. The number of carbonyl (C=O) groups excluding carboxylic acids is 4. The van der Waals surface area contributed by atoms with Gasteiger partial charge in [-0.3, -0.25) is 0 Å². The van der Waals surface area contributed by atoms with Gasteiger partial charge in [0.05, 0.1) is 48.7 Å². The van der Waals surface area contributed by atoms with E-state index in [0.29, 0.717) is 37.6 Å². The molecule has 0 aliphatic carbocycles. The van der Waals surface area contributed by atoms with Crippen molar-refractivity contribution in [2.24, 2.45) is 0 Å². The van der Waals surface area contributed by atoms with E-state index in [1.54, 1.807) is 48.5 Å². The van der Waals surface area contributed by atoms with E-state index in [1.807, 2.05) is 0 Å². The van der Waals surface area contributed by atoms with Crippen LogP contribution in [0.15, 0.2) is 48.5 Å². The van der Waals surface area contributed by atoms with Gasteiger partial charge in [0, 0.05) is 0 Å². The molecule has 8 heteroatoms. The van der Waals surface area contributed by atoms with Gasteiger partial charge in [0.1, 0.15) is 0 Å². The van der Waals surface area contributed by atoms with Gasteiger partial charge in [0.15, 0.2) is 0 Å². The molecule has 0 saturated carbocycles. The number of rotatable bonds is 30. The zero-order valence-electron chi connectivity index (χ0n) is 34.3. The summed E-state index contributed by atoms with van der Waals surface area (Å²) in [6.45, 7) is 10.3. The van der Waals surface area contributed by atoms with Crippen molar-refractivity contribution in [3.63, 3.8) is 0 Å². The molecule has 0 radical (unpaired) electrons. The van der Waals surface area contributed by atoms with Crippen LogP contribution in [0.2, 0.25) is 0 Å². The summed E-state index contributed by atoms with van der Waals surface area (Å²) in [4.78, 5) is 49.3. The average Bonchev–Trinajstić information content (AvgIpc) is 3.19. The smallest absolute Gasteiger partial charge is 0.339 e. The molecule has 0 aromatic heterocycles. The number of unbranched alkanes of at least 4 members (excludes halogenated alkanes) is 18. The van der Waals surface area contributed by atoms with Crippen LogP contribution >= 0.6 is 0 Å². The van der Waals surface area contributed by atoms with Crippen molar-refractivity contribution >= 4 is 23.9 Å². The Balaban J connectivity index is 0.000000541. The van der Waals surface area contributed by atoms with Gasteiger partial charge in [-0.2, -0.15) is 0 Å². The molecule has 0 unspecified atom stereocenters. The van der Waals surface area contributed by atoms with E-state index in [4.69, 9.17) is 18.9 Å². The van der Waals surface area contributed by atoms with Crippen molar-refractivity contribution in [2.75, 3.05) is 26.4 Å². The van der Waals surface area contributed by atoms with Gasteiger partial charge in [-0.05, 0) is 49.9 Å². The molecule has 2 aromatic carbocycles.